The average molecular weight is 262 g/mol. The number of amides is 1. The first-order valence-corrected chi connectivity index (χ1v) is 7.94. The summed E-state index contributed by atoms with van der Waals surface area (Å²) in [7, 11) is -2.95. The largest absolute Gasteiger partial charge is 0.337 e. The molecule has 1 aliphatic rings. The molecule has 0 aromatic carbocycles. The summed E-state index contributed by atoms with van der Waals surface area (Å²) in [5.74, 6) is 0.231. The third kappa shape index (κ3) is 3.96. The fourth-order valence-electron chi connectivity index (χ4n) is 2.10. The molecule has 0 aromatic heterocycles. The molecule has 17 heavy (non-hydrogen) atoms. The van der Waals surface area contributed by atoms with Gasteiger partial charge in [0.15, 0.2) is 9.84 Å². The van der Waals surface area contributed by atoms with Crippen molar-refractivity contribution in [3.05, 3.63) is 0 Å². The lowest BCUT2D eigenvalue weighted by Crippen LogP contribution is -2.52. The predicted octanol–water partition coefficient (Wildman–Crippen LogP) is -0.0263. The normalized spacial score (nSPS) is 24.0. The van der Waals surface area contributed by atoms with Crippen LogP contribution >= 0.6 is 0 Å². The molecule has 0 saturated carbocycles. The summed E-state index contributed by atoms with van der Waals surface area (Å²) in [6.07, 6.45) is 0. The van der Waals surface area contributed by atoms with E-state index in [2.05, 4.69) is 0 Å². The minimum absolute atomic E-state index is 0.0381. The van der Waals surface area contributed by atoms with E-state index in [1.165, 1.54) is 0 Å². The second kappa shape index (κ2) is 5.82. The van der Waals surface area contributed by atoms with Gasteiger partial charge in [0.25, 0.3) is 0 Å². The van der Waals surface area contributed by atoms with Gasteiger partial charge in [-0.15, -0.1) is 0 Å². The summed E-state index contributed by atoms with van der Waals surface area (Å²) < 4.78 is 22.8. The van der Waals surface area contributed by atoms with E-state index < -0.39 is 9.84 Å². The van der Waals surface area contributed by atoms with E-state index in [1.54, 1.807) is 11.8 Å². The Labute approximate surface area is 104 Å². The van der Waals surface area contributed by atoms with Crippen molar-refractivity contribution in [3.63, 3.8) is 0 Å². The van der Waals surface area contributed by atoms with Crippen LogP contribution in [0, 0.1) is 0 Å². The van der Waals surface area contributed by atoms with Crippen LogP contribution in [0.1, 0.15) is 20.8 Å². The van der Waals surface area contributed by atoms with Crippen molar-refractivity contribution in [2.75, 3.05) is 37.7 Å². The third-order valence-electron chi connectivity index (χ3n) is 3.24. The smallest absolute Gasteiger partial charge is 0.237 e. The lowest BCUT2D eigenvalue weighted by atomic mass is 10.3. The Morgan fingerprint density at radius 1 is 1.35 bits per heavy atom. The van der Waals surface area contributed by atoms with Crippen molar-refractivity contribution in [1.29, 1.82) is 0 Å². The maximum atomic E-state index is 12.0. The Kier molecular flexibility index (Phi) is 4.94. The molecule has 1 rings (SSSR count). The highest BCUT2D eigenvalue weighted by molar-refractivity contribution is 7.91. The third-order valence-corrected chi connectivity index (χ3v) is 5.04. The van der Waals surface area contributed by atoms with Gasteiger partial charge in [-0.2, -0.15) is 0 Å². The van der Waals surface area contributed by atoms with Crippen LogP contribution in [0.15, 0.2) is 0 Å². The van der Waals surface area contributed by atoms with E-state index in [0.29, 0.717) is 13.1 Å². The van der Waals surface area contributed by atoms with Gasteiger partial charge in [0, 0.05) is 12.6 Å². The minimum atomic E-state index is -2.95. The molecular weight excluding hydrogens is 240 g/mol. The Balaban J connectivity index is 2.59. The SMILES string of the molecule is CCN(CC)CC(=O)N1CCS(=O)(=O)C[C@@H]1C. The molecule has 0 spiro atoms. The van der Waals surface area contributed by atoms with Crippen molar-refractivity contribution >= 4 is 15.7 Å². The number of likely N-dealkylation sites (N-methyl/N-ethyl adjacent to an activating group) is 1. The Morgan fingerprint density at radius 3 is 2.41 bits per heavy atom. The second-order valence-electron chi connectivity index (χ2n) is 4.51. The highest BCUT2D eigenvalue weighted by Crippen LogP contribution is 2.11. The quantitative estimate of drug-likeness (QED) is 0.714. The molecule has 0 unspecified atom stereocenters. The van der Waals surface area contributed by atoms with E-state index in [-0.39, 0.29) is 23.5 Å². The van der Waals surface area contributed by atoms with Crippen molar-refractivity contribution < 1.29 is 13.2 Å². The summed E-state index contributed by atoms with van der Waals surface area (Å²) in [4.78, 5) is 15.8. The molecule has 0 N–H and O–H groups in total. The van der Waals surface area contributed by atoms with Crippen LogP contribution in [0.2, 0.25) is 0 Å². The van der Waals surface area contributed by atoms with Gasteiger partial charge >= 0.3 is 0 Å². The maximum Gasteiger partial charge on any atom is 0.237 e. The van der Waals surface area contributed by atoms with Gasteiger partial charge in [0.05, 0.1) is 18.1 Å². The van der Waals surface area contributed by atoms with E-state index >= 15 is 0 Å². The topological polar surface area (TPSA) is 57.7 Å². The highest BCUT2D eigenvalue weighted by Gasteiger charge is 2.31. The van der Waals surface area contributed by atoms with Crippen molar-refractivity contribution in [2.45, 2.75) is 26.8 Å². The molecule has 0 radical (unpaired) electrons. The molecule has 1 fully saturated rings. The second-order valence-corrected chi connectivity index (χ2v) is 6.74. The number of carbonyl (C=O) groups is 1. The minimum Gasteiger partial charge on any atom is -0.337 e. The first-order chi connectivity index (χ1) is 7.89. The van der Waals surface area contributed by atoms with E-state index in [1.807, 2.05) is 18.7 Å². The van der Waals surface area contributed by atoms with Gasteiger partial charge in [-0.3, -0.25) is 9.69 Å². The molecular formula is C11H22N2O3S. The van der Waals surface area contributed by atoms with Gasteiger partial charge in [-0.25, -0.2) is 8.42 Å². The Morgan fingerprint density at radius 2 is 1.94 bits per heavy atom. The summed E-state index contributed by atoms with van der Waals surface area (Å²) >= 11 is 0. The van der Waals surface area contributed by atoms with Crippen LogP contribution in [0.5, 0.6) is 0 Å². The van der Waals surface area contributed by atoms with Crippen LogP contribution in [-0.2, 0) is 14.6 Å². The van der Waals surface area contributed by atoms with E-state index in [4.69, 9.17) is 0 Å². The lowest BCUT2D eigenvalue weighted by molar-refractivity contribution is -0.133. The summed E-state index contributed by atoms with van der Waals surface area (Å²) in [5.41, 5.74) is 0. The molecule has 1 amide bonds. The fourth-order valence-corrected chi connectivity index (χ4v) is 3.65. The van der Waals surface area contributed by atoms with E-state index in [9.17, 15) is 13.2 Å². The molecule has 5 nitrogen and oxygen atoms in total. The molecule has 100 valence electrons. The molecule has 1 atom stereocenters. The summed E-state index contributed by atoms with van der Waals surface area (Å²) in [5, 5.41) is 0. The van der Waals surface area contributed by atoms with Crippen molar-refractivity contribution in [3.8, 4) is 0 Å². The number of sulfone groups is 1. The highest BCUT2D eigenvalue weighted by atomic mass is 32.2. The Bertz CT molecular complexity index is 363. The van der Waals surface area contributed by atoms with Crippen LogP contribution in [0.4, 0.5) is 0 Å². The number of hydrogen-bond acceptors (Lipinski definition) is 4. The van der Waals surface area contributed by atoms with Crippen molar-refractivity contribution in [1.82, 2.24) is 9.80 Å². The molecule has 1 saturated heterocycles. The number of nitrogens with zero attached hydrogens (tertiary/aromatic N) is 2. The zero-order valence-electron chi connectivity index (χ0n) is 10.8. The molecule has 0 aliphatic carbocycles. The molecule has 1 heterocycles. The monoisotopic (exact) mass is 262 g/mol. The van der Waals surface area contributed by atoms with Gasteiger partial charge < -0.3 is 4.90 Å². The lowest BCUT2D eigenvalue weighted by Gasteiger charge is -2.34. The maximum absolute atomic E-state index is 12.0. The summed E-state index contributed by atoms with van der Waals surface area (Å²) in [6.45, 7) is 8.23. The van der Waals surface area contributed by atoms with Gasteiger partial charge in [0.2, 0.25) is 5.91 Å². The zero-order chi connectivity index (χ0) is 13.1. The van der Waals surface area contributed by atoms with Gasteiger partial charge in [-0.05, 0) is 20.0 Å². The van der Waals surface area contributed by atoms with Gasteiger partial charge in [-0.1, -0.05) is 13.8 Å². The number of carbonyl (C=O) groups excluding carboxylic acids is 1. The predicted molar refractivity (Wildman–Crippen MR) is 67.6 cm³/mol. The molecule has 0 aromatic rings. The fraction of sp³-hybridized carbons (Fsp3) is 0.909. The number of hydrogen-bond donors (Lipinski definition) is 0. The first-order valence-electron chi connectivity index (χ1n) is 6.11. The first kappa shape index (κ1) is 14.4. The van der Waals surface area contributed by atoms with Gasteiger partial charge in [0.1, 0.15) is 0 Å². The zero-order valence-corrected chi connectivity index (χ0v) is 11.7. The molecule has 1 aliphatic heterocycles. The van der Waals surface area contributed by atoms with Crippen LogP contribution in [0.25, 0.3) is 0 Å². The van der Waals surface area contributed by atoms with E-state index in [0.717, 1.165) is 13.1 Å². The van der Waals surface area contributed by atoms with Crippen LogP contribution in [0.3, 0.4) is 0 Å². The average Bonchev–Trinajstić information content (AvgIpc) is 2.24. The standard InChI is InChI=1S/C11H22N2O3S/c1-4-12(5-2)8-11(14)13-6-7-17(15,16)9-10(13)3/h10H,4-9H2,1-3H3/t10-/m0/s1. The Hall–Kier alpha value is -0.620. The molecule has 0 bridgehead atoms. The van der Waals surface area contributed by atoms with Crippen LogP contribution in [-0.4, -0.2) is 67.9 Å². The molecule has 6 heteroatoms. The van der Waals surface area contributed by atoms with Crippen LogP contribution < -0.4 is 0 Å². The van der Waals surface area contributed by atoms with Crippen molar-refractivity contribution in [2.24, 2.45) is 0 Å². The summed E-state index contributed by atoms with van der Waals surface area (Å²) in [6, 6.07) is -0.197. The number of rotatable bonds is 4.